The van der Waals surface area contributed by atoms with Crippen molar-refractivity contribution in [3.8, 4) is 0 Å². The molecule has 3 aromatic rings. The summed E-state index contributed by atoms with van der Waals surface area (Å²) in [5.74, 6) is -0.271. The van der Waals surface area contributed by atoms with Crippen molar-refractivity contribution in [1.29, 1.82) is 0 Å². The van der Waals surface area contributed by atoms with Gasteiger partial charge in [-0.1, -0.05) is 29.8 Å². The molecule has 178 valence electrons. The monoisotopic (exact) mass is 460 g/mol. The Bertz CT molecular complexity index is 1070. The van der Waals surface area contributed by atoms with Gasteiger partial charge in [-0.2, -0.15) is 0 Å². The quantitative estimate of drug-likeness (QED) is 0.564. The highest BCUT2D eigenvalue weighted by atomic mass is 19.1. The van der Waals surface area contributed by atoms with Gasteiger partial charge >= 0.3 is 0 Å². The van der Waals surface area contributed by atoms with E-state index < -0.39 is 0 Å². The van der Waals surface area contributed by atoms with Gasteiger partial charge in [0.1, 0.15) is 5.82 Å². The van der Waals surface area contributed by atoms with Crippen LogP contribution in [-0.4, -0.2) is 57.6 Å². The Labute approximate surface area is 201 Å². The Morgan fingerprint density at radius 2 is 1.53 bits per heavy atom. The molecule has 1 N–H and O–H groups in total. The maximum Gasteiger partial charge on any atom is 0.251 e. The predicted octanol–water partition coefficient (Wildman–Crippen LogP) is 4.49. The summed E-state index contributed by atoms with van der Waals surface area (Å²) in [6, 6.07) is 23.0. The molecule has 0 aliphatic carbocycles. The molecule has 1 aliphatic rings. The third-order valence-electron chi connectivity index (χ3n) is 6.51. The summed E-state index contributed by atoms with van der Waals surface area (Å²) < 4.78 is 13.3. The van der Waals surface area contributed by atoms with Crippen LogP contribution in [0.5, 0.6) is 0 Å². The molecule has 0 radical (unpaired) electrons. The summed E-state index contributed by atoms with van der Waals surface area (Å²) in [5, 5.41) is 3.15. The minimum atomic E-state index is -0.215. The van der Waals surface area contributed by atoms with Crippen molar-refractivity contribution in [1.82, 2.24) is 10.2 Å². The van der Waals surface area contributed by atoms with Gasteiger partial charge in [0, 0.05) is 63.8 Å². The maximum atomic E-state index is 13.3. The minimum absolute atomic E-state index is 0.0557. The molecule has 1 heterocycles. The van der Waals surface area contributed by atoms with Crippen molar-refractivity contribution in [3.05, 3.63) is 95.3 Å². The zero-order chi connectivity index (χ0) is 24.1. The average Bonchev–Trinajstić information content (AvgIpc) is 2.85. The van der Waals surface area contributed by atoms with Gasteiger partial charge < -0.3 is 15.1 Å². The lowest BCUT2D eigenvalue weighted by Gasteiger charge is -2.40. The van der Waals surface area contributed by atoms with Gasteiger partial charge in [0.25, 0.3) is 5.91 Å². The molecule has 0 bridgehead atoms. The van der Waals surface area contributed by atoms with E-state index in [1.54, 1.807) is 0 Å². The number of carbonyl (C=O) groups is 1. The first-order valence-corrected chi connectivity index (χ1v) is 11.8. The Morgan fingerprint density at radius 1 is 0.912 bits per heavy atom. The summed E-state index contributed by atoms with van der Waals surface area (Å²) in [6.45, 7) is 5.97. The van der Waals surface area contributed by atoms with Crippen LogP contribution in [0.3, 0.4) is 0 Å². The molecule has 3 aromatic carbocycles. The second-order valence-corrected chi connectivity index (χ2v) is 9.08. The lowest BCUT2D eigenvalue weighted by atomic mass is 10.0. The van der Waals surface area contributed by atoms with E-state index in [-0.39, 0.29) is 17.8 Å². The molecule has 1 saturated heterocycles. The highest BCUT2D eigenvalue weighted by Crippen LogP contribution is 2.26. The van der Waals surface area contributed by atoms with Crippen LogP contribution in [0.4, 0.5) is 15.8 Å². The van der Waals surface area contributed by atoms with Crippen molar-refractivity contribution in [2.45, 2.75) is 13.0 Å². The van der Waals surface area contributed by atoms with E-state index >= 15 is 0 Å². The smallest absolute Gasteiger partial charge is 0.251 e. The number of benzene rings is 3. The number of hydrogen-bond acceptors (Lipinski definition) is 4. The van der Waals surface area contributed by atoms with Crippen LogP contribution >= 0.6 is 0 Å². The van der Waals surface area contributed by atoms with E-state index in [0.717, 1.165) is 43.1 Å². The third-order valence-corrected chi connectivity index (χ3v) is 6.51. The van der Waals surface area contributed by atoms with Gasteiger partial charge in [-0.25, -0.2) is 4.39 Å². The van der Waals surface area contributed by atoms with Crippen molar-refractivity contribution in [3.63, 3.8) is 0 Å². The van der Waals surface area contributed by atoms with Gasteiger partial charge in [0.05, 0.1) is 6.04 Å². The number of hydrogen-bond donors (Lipinski definition) is 1. The fourth-order valence-corrected chi connectivity index (χ4v) is 4.39. The first-order chi connectivity index (χ1) is 16.4. The van der Waals surface area contributed by atoms with E-state index in [1.165, 1.54) is 17.7 Å². The fourth-order valence-electron chi connectivity index (χ4n) is 4.39. The Hall–Kier alpha value is -3.38. The average molecular weight is 461 g/mol. The van der Waals surface area contributed by atoms with E-state index in [4.69, 9.17) is 0 Å². The number of rotatable bonds is 7. The fraction of sp³-hybridized carbons (Fsp3) is 0.321. The number of aryl methyl sites for hydroxylation is 1. The molecule has 4 rings (SSSR count). The molecule has 34 heavy (non-hydrogen) atoms. The van der Waals surface area contributed by atoms with Crippen molar-refractivity contribution in [2.75, 3.05) is 56.6 Å². The molecule has 1 atom stereocenters. The van der Waals surface area contributed by atoms with Crippen LogP contribution in [0.25, 0.3) is 0 Å². The van der Waals surface area contributed by atoms with Gasteiger partial charge in [0.2, 0.25) is 0 Å². The van der Waals surface area contributed by atoms with Crippen LogP contribution in [0.1, 0.15) is 27.5 Å². The molecule has 6 heteroatoms. The largest absolute Gasteiger partial charge is 0.378 e. The molecular weight excluding hydrogens is 427 g/mol. The van der Waals surface area contributed by atoms with Crippen molar-refractivity contribution >= 4 is 17.3 Å². The predicted molar refractivity (Wildman–Crippen MR) is 137 cm³/mol. The zero-order valence-corrected chi connectivity index (χ0v) is 20.2. The van der Waals surface area contributed by atoms with Crippen LogP contribution in [0.15, 0.2) is 72.8 Å². The number of nitrogens with zero attached hydrogens (tertiary/aromatic N) is 3. The van der Waals surface area contributed by atoms with Crippen LogP contribution < -0.4 is 15.1 Å². The number of piperazine rings is 1. The number of carbonyl (C=O) groups excluding carboxylic acids is 1. The third kappa shape index (κ3) is 5.75. The van der Waals surface area contributed by atoms with Crippen LogP contribution in [0, 0.1) is 12.7 Å². The molecule has 1 fully saturated rings. The lowest BCUT2D eigenvalue weighted by molar-refractivity contribution is 0.0930. The maximum absolute atomic E-state index is 13.3. The molecule has 0 spiro atoms. The topological polar surface area (TPSA) is 38.8 Å². The second-order valence-electron chi connectivity index (χ2n) is 9.08. The SMILES string of the molecule is Cc1ccc(C(=O)NC[C@H](c2ccc(N(C)C)cc2)N2CCN(c3ccc(F)cc3)CC2)cc1. The normalized spacial score (nSPS) is 15.1. The van der Waals surface area contributed by atoms with Gasteiger partial charge in [-0.15, -0.1) is 0 Å². The molecule has 1 aliphatic heterocycles. The summed E-state index contributed by atoms with van der Waals surface area (Å²) in [4.78, 5) is 19.6. The molecule has 1 amide bonds. The Balaban J connectivity index is 1.47. The molecule has 0 unspecified atom stereocenters. The van der Waals surface area contributed by atoms with E-state index in [9.17, 15) is 9.18 Å². The standard InChI is InChI=1S/C28H33FN4O/c1-21-4-6-23(7-5-21)28(34)30-20-27(22-8-12-25(13-9-22)31(2)3)33-18-16-32(17-19-33)26-14-10-24(29)11-15-26/h4-15,27H,16-20H2,1-3H3,(H,30,34)/t27-/m1/s1. The highest BCUT2D eigenvalue weighted by molar-refractivity contribution is 5.94. The van der Waals surface area contributed by atoms with E-state index in [2.05, 4.69) is 44.3 Å². The summed E-state index contributed by atoms with van der Waals surface area (Å²) in [5.41, 5.74) is 5.18. The zero-order valence-electron chi connectivity index (χ0n) is 20.2. The molecule has 0 saturated carbocycles. The minimum Gasteiger partial charge on any atom is -0.378 e. The first kappa shape index (κ1) is 23.8. The van der Waals surface area contributed by atoms with Crippen molar-refractivity contribution in [2.24, 2.45) is 0 Å². The Kier molecular flexibility index (Phi) is 7.48. The van der Waals surface area contributed by atoms with E-state index in [0.29, 0.717) is 12.1 Å². The lowest BCUT2D eigenvalue weighted by Crippen LogP contribution is -2.50. The Morgan fingerprint density at radius 3 is 2.12 bits per heavy atom. The van der Waals surface area contributed by atoms with Gasteiger partial charge in [0.15, 0.2) is 0 Å². The second kappa shape index (κ2) is 10.7. The van der Waals surface area contributed by atoms with E-state index in [1.807, 2.05) is 57.4 Å². The number of anilines is 2. The van der Waals surface area contributed by atoms with Crippen LogP contribution in [0.2, 0.25) is 0 Å². The first-order valence-electron chi connectivity index (χ1n) is 11.8. The molecule has 0 aromatic heterocycles. The number of nitrogens with one attached hydrogen (secondary N) is 1. The highest BCUT2D eigenvalue weighted by Gasteiger charge is 2.26. The number of halogens is 1. The van der Waals surface area contributed by atoms with Crippen LogP contribution in [-0.2, 0) is 0 Å². The molecule has 5 nitrogen and oxygen atoms in total. The number of amides is 1. The van der Waals surface area contributed by atoms with Crippen molar-refractivity contribution < 1.29 is 9.18 Å². The summed E-state index contributed by atoms with van der Waals surface area (Å²) >= 11 is 0. The van der Waals surface area contributed by atoms with Gasteiger partial charge in [-0.3, -0.25) is 9.69 Å². The van der Waals surface area contributed by atoms with Gasteiger partial charge in [-0.05, 0) is 61.0 Å². The summed E-state index contributed by atoms with van der Waals surface area (Å²) in [6.07, 6.45) is 0. The summed E-state index contributed by atoms with van der Waals surface area (Å²) in [7, 11) is 4.06. The molecular formula is C28H33FN4O.